The highest BCUT2D eigenvalue weighted by Gasteiger charge is 2.09. The molecule has 7 heteroatoms. The molecule has 0 radical (unpaired) electrons. The number of aromatic nitrogens is 1. The van der Waals surface area contributed by atoms with Crippen molar-refractivity contribution in [3.63, 3.8) is 0 Å². The number of hydrogen-bond acceptors (Lipinski definition) is 3. The van der Waals surface area contributed by atoms with Gasteiger partial charge in [0.15, 0.2) is 0 Å². The Kier molecular flexibility index (Phi) is 5.32. The molecule has 0 saturated heterocycles. The minimum Gasteiger partial charge on any atom is -0.362 e. The normalized spacial score (nSPS) is 10.2. The summed E-state index contributed by atoms with van der Waals surface area (Å²) < 4.78 is 13.5. The second-order valence-corrected chi connectivity index (χ2v) is 5.67. The number of halogens is 2. The van der Waals surface area contributed by atoms with Gasteiger partial charge in [-0.05, 0) is 40.2 Å². The molecule has 0 unspecified atom stereocenters. The summed E-state index contributed by atoms with van der Waals surface area (Å²) in [5, 5.41) is 5.41. The molecule has 0 saturated carbocycles. The fraction of sp³-hybridized carbons (Fsp3) is 0.200. The van der Waals surface area contributed by atoms with Crippen LogP contribution in [-0.4, -0.2) is 25.1 Å². The lowest BCUT2D eigenvalue weighted by molar-refractivity contribution is 0.251. The lowest BCUT2D eigenvalue weighted by atomic mass is 10.2. The van der Waals surface area contributed by atoms with Crippen molar-refractivity contribution in [1.82, 2.24) is 10.3 Å². The van der Waals surface area contributed by atoms with Gasteiger partial charge in [-0.1, -0.05) is 6.07 Å². The first-order chi connectivity index (χ1) is 10.5. The number of amides is 2. The zero-order chi connectivity index (χ0) is 16.1. The molecule has 0 spiro atoms. The first kappa shape index (κ1) is 16.2. The number of nitrogens with zero attached hydrogens (tertiary/aromatic N) is 2. The van der Waals surface area contributed by atoms with E-state index >= 15 is 0 Å². The van der Waals surface area contributed by atoms with Gasteiger partial charge >= 0.3 is 6.03 Å². The standard InChI is InChI=1S/C15H16BrFN4O/c1-21(2)14-10(4-3-7-18-14)9-19-15(22)20-13-6-5-11(17)8-12(13)16/h3-8H,9H2,1-2H3,(H2,19,20,22). The maximum atomic E-state index is 13.0. The Bertz CT molecular complexity index is 678. The summed E-state index contributed by atoms with van der Waals surface area (Å²) >= 11 is 3.20. The zero-order valence-corrected chi connectivity index (χ0v) is 13.8. The van der Waals surface area contributed by atoms with E-state index in [1.807, 2.05) is 31.1 Å². The third kappa shape index (κ3) is 4.17. The first-order valence-corrected chi connectivity index (χ1v) is 7.38. The number of carbonyl (C=O) groups is 1. The minimum absolute atomic E-state index is 0.339. The predicted octanol–water partition coefficient (Wildman–Crippen LogP) is 3.37. The van der Waals surface area contributed by atoms with Crippen molar-refractivity contribution in [2.75, 3.05) is 24.3 Å². The van der Waals surface area contributed by atoms with Crippen LogP contribution in [-0.2, 0) is 6.54 Å². The summed E-state index contributed by atoms with van der Waals surface area (Å²) in [6.07, 6.45) is 1.70. The average molecular weight is 367 g/mol. The Balaban J connectivity index is 1.99. The molecule has 2 N–H and O–H groups in total. The van der Waals surface area contributed by atoms with Crippen LogP contribution in [0, 0.1) is 5.82 Å². The molecule has 1 aromatic carbocycles. The minimum atomic E-state index is -0.374. The molecular formula is C15H16BrFN4O. The van der Waals surface area contributed by atoms with Crippen LogP contribution in [0.25, 0.3) is 0 Å². The summed E-state index contributed by atoms with van der Waals surface area (Å²) in [7, 11) is 3.78. The Morgan fingerprint density at radius 3 is 2.82 bits per heavy atom. The van der Waals surface area contributed by atoms with Crippen molar-refractivity contribution >= 4 is 33.5 Å². The van der Waals surface area contributed by atoms with Crippen molar-refractivity contribution < 1.29 is 9.18 Å². The smallest absolute Gasteiger partial charge is 0.319 e. The Morgan fingerprint density at radius 2 is 2.14 bits per heavy atom. The van der Waals surface area contributed by atoms with Crippen molar-refractivity contribution in [2.24, 2.45) is 0 Å². The number of carbonyl (C=O) groups excluding carboxylic acids is 1. The molecule has 1 aromatic heterocycles. The van der Waals surface area contributed by atoms with Gasteiger partial charge in [0.25, 0.3) is 0 Å². The molecule has 22 heavy (non-hydrogen) atoms. The molecule has 0 aliphatic carbocycles. The number of pyridine rings is 1. The summed E-state index contributed by atoms with van der Waals surface area (Å²) in [6.45, 7) is 0.339. The van der Waals surface area contributed by atoms with E-state index in [9.17, 15) is 9.18 Å². The van der Waals surface area contributed by atoms with Gasteiger partial charge < -0.3 is 15.5 Å². The molecule has 2 amide bonds. The molecule has 0 bridgehead atoms. The molecule has 0 atom stereocenters. The fourth-order valence-corrected chi connectivity index (χ4v) is 2.35. The van der Waals surface area contributed by atoms with Gasteiger partial charge in [0, 0.05) is 36.9 Å². The largest absolute Gasteiger partial charge is 0.362 e. The van der Waals surface area contributed by atoms with Crippen LogP contribution in [0.3, 0.4) is 0 Å². The summed E-state index contributed by atoms with van der Waals surface area (Å²) in [6, 6.07) is 7.41. The van der Waals surface area contributed by atoms with E-state index in [1.54, 1.807) is 6.20 Å². The molecule has 0 aliphatic rings. The van der Waals surface area contributed by atoms with E-state index < -0.39 is 0 Å². The summed E-state index contributed by atoms with van der Waals surface area (Å²) in [5.74, 6) is 0.426. The molecule has 5 nitrogen and oxygen atoms in total. The predicted molar refractivity (Wildman–Crippen MR) is 88.5 cm³/mol. The SMILES string of the molecule is CN(C)c1ncccc1CNC(=O)Nc1ccc(F)cc1Br. The van der Waals surface area contributed by atoms with Crippen molar-refractivity contribution in [3.05, 3.63) is 52.4 Å². The molecular weight excluding hydrogens is 351 g/mol. The Morgan fingerprint density at radius 1 is 1.36 bits per heavy atom. The summed E-state index contributed by atoms with van der Waals surface area (Å²) in [4.78, 5) is 18.1. The van der Waals surface area contributed by atoms with Crippen LogP contribution >= 0.6 is 15.9 Å². The van der Waals surface area contributed by atoms with Crippen LogP contribution in [0.1, 0.15) is 5.56 Å². The van der Waals surface area contributed by atoms with Crippen LogP contribution < -0.4 is 15.5 Å². The number of benzene rings is 1. The maximum Gasteiger partial charge on any atom is 0.319 e. The van der Waals surface area contributed by atoms with Gasteiger partial charge in [-0.15, -0.1) is 0 Å². The molecule has 116 valence electrons. The Labute approximate surface area is 136 Å². The molecule has 2 rings (SSSR count). The highest BCUT2D eigenvalue weighted by Crippen LogP contribution is 2.23. The summed E-state index contributed by atoms with van der Waals surface area (Å²) in [5.41, 5.74) is 1.40. The number of rotatable bonds is 4. The second kappa shape index (κ2) is 7.22. The first-order valence-electron chi connectivity index (χ1n) is 6.58. The monoisotopic (exact) mass is 366 g/mol. The zero-order valence-electron chi connectivity index (χ0n) is 12.2. The topological polar surface area (TPSA) is 57.3 Å². The maximum absolute atomic E-state index is 13.0. The number of anilines is 2. The van der Waals surface area contributed by atoms with Gasteiger partial charge in [0.1, 0.15) is 11.6 Å². The fourth-order valence-electron chi connectivity index (χ4n) is 1.90. The number of nitrogens with one attached hydrogen (secondary N) is 2. The van der Waals surface area contributed by atoms with E-state index in [-0.39, 0.29) is 11.8 Å². The van der Waals surface area contributed by atoms with Crippen LogP contribution in [0.2, 0.25) is 0 Å². The quantitative estimate of drug-likeness (QED) is 0.871. The molecule has 0 aliphatic heterocycles. The van der Waals surface area contributed by atoms with E-state index in [4.69, 9.17) is 0 Å². The van der Waals surface area contributed by atoms with Gasteiger partial charge in [0.05, 0.1) is 5.69 Å². The lowest BCUT2D eigenvalue weighted by Crippen LogP contribution is -2.29. The van der Waals surface area contributed by atoms with Crippen molar-refractivity contribution in [3.8, 4) is 0 Å². The highest BCUT2D eigenvalue weighted by molar-refractivity contribution is 9.10. The third-order valence-corrected chi connectivity index (χ3v) is 3.57. The third-order valence-electron chi connectivity index (χ3n) is 2.91. The van der Waals surface area contributed by atoms with Gasteiger partial charge in [-0.25, -0.2) is 14.2 Å². The van der Waals surface area contributed by atoms with E-state index in [2.05, 4.69) is 31.5 Å². The lowest BCUT2D eigenvalue weighted by Gasteiger charge is -2.16. The van der Waals surface area contributed by atoms with Crippen molar-refractivity contribution in [2.45, 2.75) is 6.54 Å². The van der Waals surface area contributed by atoms with E-state index in [1.165, 1.54) is 18.2 Å². The molecule has 2 aromatic rings. The van der Waals surface area contributed by atoms with Gasteiger partial charge in [-0.3, -0.25) is 0 Å². The van der Waals surface area contributed by atoms with Crippen LogP contribution in [0.15, 0.2) is 41.0 Å². The average Bonchev–Trinajstić information content (AvgIpc) is 2.48. The highest BCUT2D eigenvalue weighted by atomic mass is 79.9. The number of hydrogen-bond donors (Lipinski definition) is 2. The van der Waals surface area contributed by atoms with Crippen LogP contribution in [0.5, 0.6) is 0 Å². The Hall–Kier alpha value is -2.15. The van der Waals surface area contributed by atoms with Gasteiger partial charge in [-0.2, -0.15) is 0 Å². The second-order valence-electron chi connectivity index (χ2n) is 4.81. The van der Waals surface area contributed by atoms with Gasteiger partial charge in [0.2, 0.25) is 0 Å². The van der Waals surface area contributed by atoms with E-state index in [0.717, 1.165) is 11.4 Å². The van der Waals surface area contributed by atoms with E-state index in [0.29, 0.717) is 16.7 Å². The van der Waals surface area contributed by atoms with Crippen LogP contribution in [0.4, 0.5) is 20.7 Å². The number of urea groups is 1. The molecule has 0 fully saturated rings. The molecule has 1 heterocycles. The van der Waals surface area contributed by atoms with Crippen molar-refractivity contribution in [1.29, 1.82) is 0 Å².